The van der Waals surface area contributed by atoms with Gasteiger partial charge in [0.2, 0.25) is 0 Å². The van der Waals surface area contributed by atoms with Crippen molar-refractivity contribution in [2.24, 2.45) is 0 Å². The van der Waals surface area contributed by atoms with Gasteiger partial charge in [0.25, 0.3) is 0 Å². The van der Waals surface area contributed by atoms with Crippen LogP contribution in [0.4, 0.5) is 0 Å². The van der Waals surface area contributed by atoms with Crippen LogP contribution in [0, 0.1) is 0 Å². The van der Waals surface area contributed by atoms with E-state index in [0.717, 1.165) is 6.61 Å². The van der Waals surface area contributed by atoms with Gasteiger partial charge in [0, 0.05) is 0 Å². The molecule has 0 spiro atoms. The van der Waals surface area contributed by atoms with Gasteiger partial charge in [0.1, 0.15) is 18.3 Å². The minimum Gasteiger partial charge on any atom is -0.370 e. The molecule has 0 bridgehead atoms. The highest BCUT2D eigenvalue weighted by Crippen LogP contribution is 2.34. The Balaban J connectivity index is 2.07. The van der Waals surface area contributed by atoms with Crippen molar-refractivity contribution in [2.45, 2.75) is 37.9 Å². The summed E-state index contributed by atoms with van der Waals surface area (Å²) in [6.45, 7) is 8.31. The third kappa shape index (κ3) is 1.40. The molecule has 2 aliphatic rings. The molecule has 2 fully saturated rings. The van der Waals surface area contributed by atoms with Crippen LogP contribution in [0.5, 0.6) is 0 Å². The van der Waals surface area contributed by atoms with E-state index in [0.29, 0.717) is 0 Å². The SMILES string of the molecule is C=C[C@@H]1OC(C)(C)O[C@@H]1[C@H]1CO1. The number of rotatable bonds is 2. The average molecular weight is 170 g/mol. The first kappa shape index (κ1) is 8.23. The summed E-state index contributed by atoms with van der Waals surface area (Å²) in [5.74, 6) is -0.491. The van der Waals surface area contributed by atoms with E-state index in [1.54, 1.807) is 6.08 Å². The second-order valence-corrected chi connectivity index (χ2v) is 3.67. The number of hydrogen-bond donors (Lipinski definition) is 0. The Kier molecular flexibility index (Phi) is 1.75. The molecule has 2 saturated heterocycles. The van der Waals surface area contributed by atoms with Gasteiger partial charge in [-0.2, -0.15) is 0 Å². The van der Waals surface area contributed by atoms with E-state index >= 15 is 0 Å². The molecule has 3 atom stereocenters. The van der Waals surface area contributed by atoms with Gasteiger partial charge in [-0.25, -0.2) is 0 Å². The molecule has 2 aliphatic heterocycles. The first-order valence-corrected chi connectivity index (χ1v) is 4.22. The van der Waals surface area contributed by atoms with Crippen molar-refractivity contribution in [3.05, 3.63) is 12.7 Å². The second-order valence-electron chi connectivity index (χ2n) is 3.67. The van der Waals surface area contributed by atoms with Crippen molar-refractivity contribution in [3.63, 3.8) is 0 Å². The zero-order valence-corrected chi connectivity index (χ0v) is 7.45. The fraction of sp³-hybridized carbons (Fsp3) is 0.778. The summed E-state index contributed by atoms with van der Waals surface area (Å²) < 4.78 is 16.4. The van der Waals surface area contributed by atoms with Crippen LogP contribution in [-0.4, -0.2) is 30.7 Å². The van der Waals surface area contributed by atoms with Gasteiger partial charge in [-0.3, -0.25) is 0 Å². The van der Waals surface area contributed by atoms with Crippen LogP contribution in [0.3, 0.4) is 0 Å². The molecule has 2 rings (SSSR count). The Hall–Kier alpha value is -0.380. The predicted octanol–water partition coefficient (Wildman–Crippen LogP) is 1.09. The van der Waals surface area contributed by atoms with Crippen LogP contribution in [0.25, 0.3) is 0 Å². The largest absolute Gasteiger partial charge is 0.370 e. The van der Waals surface area contributed by atoms with E-state index in [-0.39, 0.29) is 18.3 Å². The molecule has 0 aromatic carbocycles. The van der Waals surface area contributed by atoms with Crippen molar-refractivity contribution < 1.29 is 14.2 Å². The molecule has 12 heavy (non-hydrogen) atoms. The monoisotopic (exact) mass is 170 g/mol. The fourth-order valence-corrected chi connectivity index (χ4v) is 1.53. The molecular formula is C9H14O3. The summed E-state index contributed by atoms with van der Waals surface area (Å²) in [7, 11) is 0. The third-order valence-corrected chi connectivity index (χ3v) is 2.12. The molecule has 2 heterocycles. The molecule has 0 aromatic rings. The van der Waals surface area contributed by atoms with E-state index < -0.39 is 5.79 Å². The standard InChI is InChI=1S/C9H14O3/c1-4-6-8(7-5-10-7)12-9(2,3)11-6/h4,6-8H,1,5H2,2-3H3/t6-,7+,8-/m0/s1. The first-order chi connectivity index (χ1) is 5.62. The lowest BCUT2D eigenvalue weighted by molar-refractivity contribution is -0.144. The Morgan fingerprint density at radius 1 is 1.42 bits per heavy atom. The molecule has 0 amide bonds. The Labute approximate surface area is 72.3 Å². The van der Waals surface area contributed by atoms with Gasteiger partial charge in [-0.15, -0.1) is 6.58 Å². The highest BCUT2D eigenvalue weighted by Gasteiger charge is 2.48. The lowest BCUT2D eigenvalue weighted by Gasteiger charge is -2.15. The number of epoxide rings is 1. The van der Waals surface area contributed by atoms with Gasteiger partial charge in [-0.1, -0.05) is 6.08 Å². The average Bonchev–Trinajstić information content (AvgIpc) is 2.76. The summed E-state index contributed by atoms with van der Waals surface area (Å²) in [6.07, 6.45) is 2.01. The highest BCUT2D eigenvalue weighted by molar-refractivity contribution is 4.99. The van der Waals surface area contributed by atoms with Crippen molar-refractivity contribution in [2.75, 3.05) is 6.61 Å². The second kappa shape index (κ2) is 2.55. The van der Waals surface area contributed by atoms with Crippen molar-refractivity contribution in [1.29, 1.82) is 0 Å². The molecule has 0 radical (unpaired) electrons. The summed E-state index contributed by atoms with van der Waals surface area (Å²) in [5, 5.41) is 0. The number of hydrogen-bond acceptors (Lipinski definition) is 3. The maximum Gasteiger partial charge on any atom is 0.164 e. The Morgan fingerprint density at radius 3 is 2.58 bits per heavy atom. The van der Waals surface area contributed by atoms with Crippen LogP contribution in [0.1, 0.15) is 13.8 Å². The van der Waals surface area contributed by atoms with E-state index in [9.17, 15) is 0 Å². The minimum atomic E-state index is -0.491. The van der Waals surface area contributed by atoms with Crippen molar-refractivity contribution >= 4 is 0 Å². The lowest BCUT2D eigenvalue weighted by atomic mass is 10.1. The molecule has 3 heteroatoms. The lowest BCUT2D eigenvalue weighted by Crippen LogP contribution is -2.26. The minimum absolute atomic E-state index is 0.0208. The van der Waals surface area contributed by atoms with Crippen molar-refractivity contribution in [1.82, 2.24) is 0 Å². The van der Waals surface area contributed by atoms with E-state index in [1.807, 2.05) is 13.8 Å². The van der Waals surface area contributed by atoms with Gasteiger partial charge < -0.3 is 14.2 Å². The molecular weight excluding hydrogens is 156 g/mol. The highest BCUT2D eigenvalue weighted by atomic mass is 16.8. The predicted molar refractivity (Wildman–Crippen MR) is 43.8 cm³/mol. The number of ether oxygens (including phenoxy) is 3. The topological polar surface area (TPSA) is 31.0 Å². The zero-order valence-electron chi connectivity index (χ0n) is 7.45. The van der Waals surface area contributed by atoms with Gasteiger partial charge in [-0.05, 0) is 13.8 Å². The van der Waals surface area contributed by atoms with Gasteiger partial charge in [0.05, 0.1) is 6.61 Å². The van der Waals surface area contributed by atoms with Crippen LogP contribution in [0.15, 0.2) is 12.7 Å². The Morgan fingerprint density at radius 2 is 2.08 bits per heavy atom. The molecule has 0 aromatic heterocycles. The molecule has 0 aliphatic carbocycles. The van der Waals surface area contributed by atoms with Crippen LogP contribution in [-0.2, 0) is 14.2 Å². The van der Waals surface area contributed by atoms with Crippen LogP contribution >= 0.6 is 0 Å². The summed E-state index contributed by atoms with van der Waals surface area (Å²) in [6, 6.07) is 0. The normalized spacial score (nSPS) is 44.3. The molecule has 0 unspecified atom stereocenters. The zero-order chi connectivity index (χ0) is 8.77. The molecule has 0 saturated carbocycles. The molecule has 68 valence electrons. The van der Waals surface area contributed by atoms with E-state index in [4.69, 9.17) is 14.2 Å². The van der Waals surface area contributed by atoms with Crippen LogP contribution in [0.2, 0.25) is 0 Å². The van der Waals surface area contributed by atoms with Gasteiger partial charge in [0.15, 0.2) is 5.79 Å². The smallest absolute Gasteiger partial charge is 0.164 e. The van der Waals surface area contributed by atoms with Crippen LogP contribution < -0.4 is 0 Å². The maximum atomic E-state index is 5.66. The first-order valence-electron chi connectivity index (χ1n) is 4.22. The summed E-state index contributed by atoms with van der Waals surface area (Å²) >= 11 is 0. The third-order valence-electron chi connectivity index (χ3n) is 2.12. The molecule has 3 nitrogen and oxygen atoms in total. The fourth-order valence-electron chi connectivity index (χ4n) is 1.53. The Bertz CT molecular complexity index is 196. The van der Waals surface area contributed by atoms with E-state index in [2.05, 4.69) is 6.58 Å². The molecule has 0 N–H and O–H groups in total. The summed E-state index contributed by atoms with van der Waals surface area (Å²) in [5.41, 5.74) is 0. The van der Waals surface area contributed by atoms with Gasteiger partial charge >= 0.3 is 0 Å². The quantitative estimate of drug-likeness (QED) is 0.459. The van der Waals surface area contributed by atoms with E-state index in [1.165, 1.54) is 0 Å². The maximum absolute atomic E-state index is 5.66. The van der Waals surface area contributed by atoms with Crippen molar-refractivity contribution in [3.8, 4) is 0 Å². The summed E-state index contributed by atoms with van der Waals surface area (Å²) in [4.78, 5) is 0.